The topological polar surface area (TPSA) is 65.5 Å². The number of pyridine rings is 1. The molecule has 0 amide bonds. The maximum atomic E-state index is 12.5. The van der Waals surface area contributed by atoms with Crippen molar-refractivity contribution in [2.75, 3.05) is 13.7 Å². The lowest BCUT2D eigenvalue weighted by molar-refractivity contribution is 0.0586. The molecule has 0 N–H and O–H groups in total. The largest absolute Gasteiger partial charge is 0.483 e. The Morgan fingerprint density at radius 3 is 2.48 bits per heavy atom. The van der Waals surface area contributed by atoms with Gasteiger partial charge in [0, 0.05) is 11.8 Å². The third kappa shape index (κ3) is 4.79. The Bertz CT molecular complexity index is 938. The number of hydrogen-bond donors (Lipinski definition) is 0. The molecule has 3 aromatic rings. The number of hydrogen-bond acceptors (Lipinski definition) is 5. The van der Waals surface area contributed by atoms with Gasteiger partial charge in [-0.25, -0.2) is 9.78 Å². The highest BCUT2D eigenvalue weighted by atomic mass is 16.5. The molecular weight excluding hydrogens is 342 g/mol. The number of carbonyl (C=O) groups excluding carboxylic acids is 2. The van der Waals surface area contributed by atoms with Crippen molar-refractivity contribution in [1.29, 1.82) is 0 Å². The zero-order chi connectivity index (χ0) is 19.1. The smallest absolute Gasteiger partial charge is 0.360 e. The lowest BCUT2D eigenvalue weighted by atomic mass is 10.0. The second kappa shape index (κ2) is 8.76. The Balaban J connectivity index is 1.69. The molecule has 0 aliphatic rings. The van der Waals surface area contributed by atoms with E-state index in [2.05, 4.69) is 9.72 Å². The van der Waals surface area contributed by atoms with Gasteiger partial charge in [0.1, 0.15) is 0 Å². The summed E-state index contributed by atoms with van der Waals surface area (Å²) in [5, 5.41) is 0. The molecular formula is C22H19NO4. The van der Waals surface area contributed by atoms with Crippen molar-refractivity contribution in [2.45, 2.75) is 6.42 Å². The molecule has 0 fully saturated rings. The number of methoxy groups -OCH3 is 1. The predicted molar refractivity (Wildman–Crippen MR) is 101 cm³/mol. The number of esters is 1. The first-order valence-corrected chi connectivity index (χ1v) is 8.49. The number of nitrogens with zero attached hydrogens (tertiary/aromatic N) is 1. The van der Waals surface area contributed by atoms with Crippen LogP contribution in [-0.2, 0) is 11.2 Å². The summed E-state index contributed by atoms with van der Waals surface area (Å²) in [5.74, 6) is -0.564. The zero-order valence-corrected chi connectivity index (χ0v) is 14.9. The lowest BCUT2D eigenvalue weighted by Gasteiger charge is -2.09. The Morgan fingerprint density at radius 1 is 0.926 bits per heavy atom. The van der Waals surface area contributed by atoms with E-state index in [0.29, 0.717) is 5.56 Å². The molecule has 2 aromatic carbocycles. The number of aromatic nitrogens is 1. The van der Waals surface area contributed by atoms with Gasteiger partial charge >= 0.3 is 5.97 Å². The van der Waals surface area contributed by atoms with Gasteiger partial charge in [-0.3, -0.25) is 4.79 Å². The van der Waals surface area contributed by atoms with Crippen molar-refractivity contribution in [3.05, 3.63) is 95.3 Å². The SMILES string of the molecule is COC(=O)c1ncccc1OCC(=O)c1cccc(Cc2ccccc2)c1. The molecule has 27 heavy (non-hydrogen) atoms. The van der Waals surface area contributed by atoms with E-state index in [-0.39, 0.29) is 23.8 Å². The molecule has 0 atom stereocenters. The summed E-state index contributed by atoms with van der Waals surface area (Å²) in [6.45, 7) is -0.190. The molecule has 136 valence electrons. The molecule has 1 aromatic heterocycles. The van der Waals surface area contributed by atoms with Gasteiger partial charge in [0.25, 0.3) is 0 Å². The van der Waals surface area contributed by atoms with Crippen LogP contribution in [0.25, 0.3) is 0 Å². The first kappa shape index (κ1) is 18.3. The molecule has 1 heterocycles. The van der Waals surface area contributed by atoms with Gasteiger partial charge in [0.05, 0.1) is 7.11 Å². The average molecular weight is 361 g/mol. The Morgan fingerprint density at radius 2 is 1.70 bits per heavy atom. The van der Waals surface area contributed by atoms with Crippen LogP contribution in [0, 0.1) is 0 Å². The number of benzene rings is 2. The standard InChI is InChI=1S/C22H19NO4/c1-26-22(25)21-20(11-6-12-23-21)27-15-19(24)18-10-5-9-17(14-18)13-16-7-3-2-4-8-16/h2-12,14H,13,15H2,1H3. The number of Topliss-reactive ketones (excluding diaryl/α,β-unsaturated/α-hetero) is 1. The predicted octanol–water partition coefficient (Wildman–Crippen LogP) is 3.72. The fraction of sp³-hybridized carbons (Fsp3) is 0.136. The minimum absolute atomic E-state index is 0.0469. The molecule has 0 bridgehead atoms. The molecule has 0 spiro atoms. The average Bonchev–Trinajstić information content (AvgIpc) is 2.72. The second-order valence-electron chi connectivity index (χ2n) is 5.92. The summed E-state index contributed by atoms with van der Waals surface area (Å²) in [6, 6.07) is 20.7. The fourth-order valence-corrected chi connectivity index (χ4v) is 2.67. The molecule has 0 aliphatic carbocycles. The molecule has 3 rings (SSSR count). The Hall–Kier alpha value is -3.47. The van der Waals surface area contributed by atoms with Crippen molar-refractivity contribution >= 4 is 11.8 Å². The van der Waals surface area contributed by atoms with Crippen LogP contribution in [0.4, 0.5) is 0 Å². The first-order valence-electron chi connectivity index (χ1n) is 8.49. The lowest BCUT2D eigenvalue weighted by Crippen LogP contribution is -2.15. The van der Waals surface area contributed by atoms with Crippen LogP contribution in [0.1, 0.15) is 32.0 Å². The van der Waals surface area contributed by atoms with Crippen LogP contribution < -0.4 is 4.74 Å². The maximum Gasteiger partial charge on any atom is 0.360 e. The van der Waals surface area contributed by atoms with Gasteiger partial charge in [-0.2, -0.15) is 0 Å². The first-order chi connectivity index (χ1) is 13.2. The molecule has 5 nitrogen and oxygen atoms in total. The van der Waals surface area contributed by atoms with Gasteiger partial charge in [0.15, 0.2) is 23.8 Å². The van der Waals surface area contributed by atoms with E-state index in [0.717, 1.165) is 12.0 Å². The van der Waals surface area contributed by atoms with E-state index < -0.39 is 5.97 Å². The van der Waals surface area contributed by atoms with Crippen molar-refractivity contribution in [3.8, 4) is 5.75 Å². The Kier molecular flexibility index (Phi) is 5.94. The van der Waals surface area contributed by atoms with Crippen LogP contribution >= 0.6 is 0 Å². The van der Waals surface area contributed by atoms with Gasteiger partial charge in [-0.1, -0.05) is 48.5 Å². The quantitative estimate of drug-likeness (QED) is 0.474. The van der Waals surface area contributed by atoms with E-state index in [1.54, 1.807) is 18.2 Å². The number of ether oxygens (including phenoxy) is 2. The summed E-state index contributed by atoms with van der Waals surface area (Å²) in [6.07, 6.45) is 2.21. The fourth-order valence-electron chi connectivity index (χ4n) is 2.67. The number of ketones is 1. The normalized spacial score (nSPS) is 10.3. The summed E-state index contributed by atoms with van der Waals surface area (Å²) >= 11 is 0. The van der Waals surface area contributed by atoms with Gasteiger partial charge in [-0.15, -0.1) is 0 Å². The Labute approximate surface area is 157 Å². The highest BCUT2D eigenvalue weighted by Gasteiger charge is 2.16. The highest BCUT2D eigenvalue weighted by molar-refractivity contribution is 5.97. The number of rotatable bonds is 7. The van der Waals surface area contributed by atoms with Gasteiger partial charge < -0.3 is 9.47 Å². The van der Waals surface area contributed by atoms with Crippen LogP contribution in [-0.4, -0.2) is 30.5 Å². The monoisotopic (exact) mass is 361 g/mol. The van der Waals surface area contributed by atoms with Gasteiger partial charge in [0.2, 0.25) is 0 Å². The minimum Gasteiger partial charge on any atom is -0.483 e. The van der Waals surface area contributed by atoms with Crippen molar-refractivity contribution in [2.24, 2.45) is 0 Å². The van der Waals surface area contributed by atoms with Crippen molar-refractivity contribution in [1.82, 2.24) is 4.98 Å². The van der Waals surface area contributed by atoms with Crippen LogP contribution in [0.15, 0.2) is 72.9 Å². The van der Waals surface area contributed by atoms with Crippen LogP contribution in [0.5, 0.6) is 5.75 Å². The third-order valence-electron chi connectivity index (χ3n) is 4.01. The maximum absolute atomic E-state index is 12.5. The summed E-state index contributed by atoms with van der Waals surface area (Å²) in [5.41, 5.74) is 2.83. The highest BCUT2D eigenvalue weighted by Crippen LogP contribution is 2.17. The van der Waals surface area contributed by atoms with Gasteiger partial charge in [-0.05, 0) is 35.7 Å². The number of carbonyl (C=O) groups is 2. The third-order valence-corrected chi connectivity index (χ3v) is 4.01. The molecule has 0 saturated carbocycles. The van der Waals surface area contributed by atoms with Crippen LogP contribution in [0.2, 0.25) is 0 Å². The second-order valence-corrected chi connectivity index (χ2v) is 5.92. The minimum atomic E-state index is -0.608. The molecule has 0 unspecified atom stereocenters. The van der Waals surface area contributed by atoms with E-state index in [1.807, 2.05) is 48.5 Å². The van der Waals surface area contributed by atoms with Crippen molar-refractivity contribution in [3.63, 3.8) is 0 Å². The van der Waals surface area contributed by atoms with Crippen molar-refractivity contribution < 1.29 is 19.1 Å². The van der Waals surface area contributed by atoms with E-state index in [4.69, 9.17) is 4.74 Å². The van der Waals surface area contributed by atoms with Crippen LogP contribution in [0.3, 0.4) is 0 Å². The summed E-state index contributed by atoms with van der Waals surface area (Å²) in [4.78, 5) is 28.2. The summed E-state index contributed by atoms with van der Waals surface area (Å²) in [7, 11) is 1.27. The molecule has 5 heteroatoms. The van der Waals surface area contributed by atoms with E-state index in [1.165, 1.54) is 18.9 Å². The zero-order valence-electron chi connectivity index (χ0n) is 14.9. The summed E-state index contributed by atoms with van der Waals surface area (Å²) < 4.78 is 10.2. The molecule has 0 saturated heterocycles. The van der Waals surface area contributed by atoms with E-state index >= 15 is 0 Å². The molecule has 0 radical (unpaired) electrons. The van der Waals surface area contributed by atoms with E-state index in [9.17, 15) is 9.59 Å². The molecule has 0 aliphatic heterocycles.